The van der Waals surface area contributed by atoms with Crippen LogP contribution in [-0.4, -0.2) is 66.5 Å². The first-order valence-electron chi connectivity index (χ1n) is 11.4. The zero-order chi connectivity index (χ0) is 24.1. The summed E-state index contributed by atoms with van der Waals surface area (Å²) in [6.07, 6.45) is 2.91. The third kappa shape index (κ3) is 4.33. The van der Waals surface area contributed by atoms with Gasteiger partial charge in [-0.1, -0.05) is 0 Å². The summed E-state index contributed by atoms with van der Waals surface area (Å²) in [6.45, 7) is 11.0. The highest BCUT2D eigenvalue weighted by Gasteiger charge is 2.25. The average Bonchev–Trinajstić information content (AvgIpc) is 3.29. The molecule has 0 spiro atoms. The fourth-order valence-electron chi connectivity index (χ4n) is 4.52. The van der Waals surface area contributed by atoms with E-state index < -0.39 is 9.84 Å². The molecular formula is C25H30N6O2S. The minimum Gasteiger partial charge on any atom is -0.369 e. The molecule has 2 aromatic heterocycles. The number of nitrogens with zero attached hydrogens (tertiary/aromatic N) is 4. The largest absolute Gasteiger partial charge is 0.369 e. The Morgan fingerprint density at radius 2 is 1.68 bits per heavy atom. The fraction of sp³-hybridized carbons (Fsp3) is 0.360. The summed E-state index contributed by atoms with van der Waals surface area (Å²) in [7, 11) is -3.31. The summed E-state index contributed by atoms with van der Waals surface area (Å²) in [5, 5.41) is 12.2. The number of pyridine rings is 1. The average molecular weight is 479 g/mol. The van der Waals surface area contributed by atoms with Crippen LogP contribution in [0, 0.1) is 0 Å². The van der Waals surface area contributed by atoms with Crippen LogP contribution in [0.3, 0.4) is 0 Å². The molecule has 5 rings (SSSR count). The van der Waals surface area contributed by atoms with Crippen molar-refractivity contribution in [3.05, 3.63) is 48.7 Å². The lowest BCUT2D eigenvalue weighted by Gasteiger charge is -2.43. The number of H-pyrrole nitrogens is 1. The molecule has 178 valence electrons. The molecule has 0 unspecified atom stereocenters. The van der Waals surface area contributed by atoms with E-state index in [1.807, 2.05) is 0 Å². The van der Waals surface area contributed by atoms with Crippen molar-refractivity contribution >= 4 is 48.8 Å². The summed E-state index contributed by atoms with van der Waals surface area (Å²) in [4.78, 5) is 9.96. The van der Waals surface area contributed by atoms with Crippen molar-refractivity contribution in [2.75, 3.05) is 42.7 Å². The lowest BCUT2D eigenvalue weighted by molar-refractivity contribution is 0.128. The van der Waals surface area contributed by atoms with Gasteiger partial charge >= 0.3 is 0 Å². The Morgan fingerprint density at radius 3 is 2.32 bits per heavy atom. The van der Waals surface area contributed by atoms with Gasteiger partial charge in [-0.3, -0.25) is 10.00 Å². The summed E-state index contributed by atoms with van der Waals surface area (Å²) >= 11 is 0. The zero-order valence-electron chi connectivity index (χ0n) is 20.0. The second kappa shape index (κ2) is 8.25. The van der Waals surface area contributed by atoms with Crippen molar-refractivity contribution in [1.29, 1.82) is 0 Å². The van der Waals surface area contributed by atoms with Gasteiger partial charge in [-0.15, -0.1) is 0 Å². The highest BCUT2D eigenvalue weighted by molar-refractivity contribution is 7.90. The van der Waals surface area contributed by atoms with Crippen LogP contribution in [0.1, 0.15) is 20.8 Å². The van der Waals surface area contributed by atoms with Crippen LogP contribution in [0.4, 0.5) is 17.2 Å². The second-order valence-electron chi connectivity index (χ2n) is 9.89. The van der Waals surface area contributed by atoms with Gasteiger partial charge in [0.2, 0.25) is 0 Å². The number of rotatable bonds is 4. The van der Waals surface area contributed by atoms with Crippen LogP contribution in [0.15, 0.2) is 53.6 Å². The molecule has 1 fully saturated rings. The van der Waals surface area contributed by atoms with Gasteiger partial charge < -0.3 is 10.2 Å². The maximum Gasteiger partial charge on any atom is 0.175 e. The number of fused-ring (bicyclic) bond motifs is 3. The molecule has 0 saturated carbocycles. The van der Waals surface area contributed by atoms with Crippen molar-refractivity contribution in [2.24, 2.45) is 0 Å². The standard InChI is InChI=1S/C25H30N6O2S/c1-25(2,3)31-13-11-30(12-14-31)18-7-5-17(6-8-18)27-24-23-21(16-26-29-23)20-15-19(34(4,32)33)9-10-22(20)28-24/h5-10,15-16H,11-14H2,1-4H3,(H,26,29)(H,27,28). The van der Waals surface area contributed by atoms with Crippen LogP contribution in [0.25, 0.3) is 21.8 Å². The quantitative estimate of drug-likeness (QED) is 0.454. The predicted molar refractivity (Wildman–Crippen MR) is 138 cm³/mol. The third-order valence-electron chi connectivity index (χ3n) is 6.52. The van der Waals surface area contributed by atoms with Crippen LogP contribution in [0.2, 0.25) is 0 Å². The van der Waals surface area contributed by atoms with Gasteiger partial charge in [0.15, 0.2) is 15.7 Å². The van der Waals surface area contributed by atoms with Gasteiger partial charge in [-0.25, -0.2) is 13.4 Å². The smallest absolute Gasteiger partial charge is 0.175 e. The summed E-state index contributed by atoms with van der Waals surface area (Å²) in [5.74, 6) is 0.652. The van der Waals surface area contributed by atoms with Crippen molar-refractivity contribution in [2.45, 2.75) is 31.2 Å². The second-order valence-corrected chi connectivity index (χ2v) is 11.9. The maximum atomic E-state index is 12.0. The van der Waals surface area contributed by atoms with E-state index in [4.69, 9.17) is 4.98 Å². The first kappa shape index (κ1) is 22.6. The number of hydrogen-bond donors (Lipinski definition) is 2. The molecule has 34 heavy (non-hydrogen) atoms. The van der Waals surface area contributed by atoms with E-state index in [2.05, 4.69) is 70.4 Å². The SMILES string of the molecule is CC(C)(C)N1CCN(c2ccc(Nc3nc4ccc(S(C)(=O)=O)cc4c4cn[nH]c34)cc2)CC1. The topological polar surface area (TPSA) is 94.2 Å². The van der Waals surface area contributed by atoms with Crippen LogP contribution >= 0.6 is 0 Å². The van der Waals surface area contributed by atoms with Gasteiger partial charge in [-0.05, 0) is 63.2 Å². The van der Waals surface area contributed by atoms with Crippen molar-refractivity contribution in [3.63, 3.8) is 0 Å². The molecule has 3 heterocycles. The number of nitrogens with one attached hydrogen (secondary N) is 2. The Labute approximate surface area is 199 Å². The molecule has 1 saturated heterocycles. The fourth-order valence-corrected chi connectivity index (χ4v) is 5.17. The van der Waals surface area contributed by atoms with Gasteiger partial charge in [0.1, 0.15) is 5.52 Å². The molecule has 2 aromatic carbocycles. The predicted octanol–water partition coefficient (Wildman–Crippen LogP) is 4.18. The number of aromatic nitrogens is 3. The highest BCUT2D eigenvalue weighted by atomic mass is 32.2. The number of anilines is 3. The van der Waals surface area contributed by atoms with E-state index in [0.29, 0.717) is 11.3 Å². The van der Waals surface area contributed by atoms with Gasteiger partial charge in [-0.2, -0.15) is 5.10 Å². The van der Waals surface area contributed by atoms with E-state index in [-0.39, 0.29) is 10.4 Å². The summed E-state index contributed by atoms with van der Waals surface area (Å²) in [5.41, 5.74) is 3.78. The molecule has 4 aromatic rings. The van der Waals surface area contributed by atoms with Crippen molar-refractivity contribution < 1.29 is 8.42 Å². The Balaban J connectivity index is 1.39. The van der Waals surface area contributed by atoms with Gasteiger partial charge in [0.05, 0.1) is 16.6 Å². The first-order chi connectivity index (χ1) is 16.1. The Bertz CT molecular complexity index is 1450. The zero-order valence-corrected chi connectivity index (χ0v) is 20.8. The first-order valence-corrected chi connectivity index (χ1v) is 13.3. The molecule has 1 aliphatic rings. The summed E-state index contributed by atoms with van der Waals surface area (Å²) in [6, 6.07) is 13.4. The number of benzene rings is 2. The normalized spacial score (nSPS) is 15.8. The molecule has 8 nitrogen and oxygen atoms in total. The Kier molecular flexibility index (Phi) is 5.49. The van der Waals surface area contributed by atoms with Crippen LogP contribution in [0.5, 0.6) is 0 Å². The highest BCUT2D eigenvalue weighted by Crippen LogP contribution is 2.31. The molecule has 0 aliphatic carbocycles. The van der Waals surface area contributed by atoms with E-state index in [0.717, 1.165) is 48.2 Å². The van der Waals surface area contributed by atoms with Crippen molar-refractivity contribution in [1.82, 2.24) is 20.1 Å². The van der Waals surface area contributed by atoms with E-state index in [1.165, 1.54) is 11.9 Å². The maximum absolute atomic E-state index is 12.0. The molecule has 2 N–H and O–H groups in total. The van der Waals surface area contributed by atoms with Gasteiger partial charge in [0.25, 0.3) is 0 Å². The Hall–Kier alpha value is -3.17. The molecule has 0 radical (unpaired) electrons. The number of piperazine rings is 1. The lowest BCUT2D eigenvalue weighted by atomic mass is 10.0. The van der Waals surface area contributed by atoms with Crippen molar-refractivity contribution in [3.8, 4) is 0 Å². The number of aromatic amines is 1. The molecule has 9 heteroatoms. The lowest BCUT2D eigenvalue weighted by Crippen LogP contribution is -2.53. The number of sulfone groups is 1. The monoisotopic (exact) mass is 478 g/mol. The van der Waals surface area contributed by atoms with Crippen LogP contribution < -0.4 is 10.2 Å². The molecule has 0 amide bonds. The van der Waals surface area contributed by atoms with E-state index >= 15 is 0 Å². The molecular weight excluding hydrogens is 448 g/mol. The molecule has 1 aliphatic heterocycles. The molecule has 0 bridgehead atoms. The van der Waals surface area contributed by atoms with E-state index in [9.17, 15) is 8.42 Å². The number of hydrogen-bond acceptors (Lipinski definition) is 7. The third-order valence-corrected chi connectivity index (χ3v) is 7.63. The van der Waals surface area contributed by atoms with Gasteiger partial charge in [0, 0.05) is 60.1 Å². The Morgan fingerprint density at radius 1 is 0.971 bits per heavy atom. The summed E-state index contributed by atoms with van der Waals surface area (Å²) < 4.78 is 24.0. The minimum atomic E-state index is -3.31. The van der Waals surface area contributed by atoms with Crippen LogP contribution in [-0.2, 0) is 9.84 Å². The minimum absolute atomic E-state index is 0.205. The van der Waals surface area contributed by atoms with E-state index in [1.54, 1.807) is 24.4 Å². The molecule has 0 atom stereocenters.